The lowest BCUT2D eigenvalue weighted by atomic mass is 10.0. The predicted molar refractivity (Wildman–Crippen MR) is 92.0 cm³/mol. The van der Waals surface area contributed by atoms with Crippen LogP contribution in [0.4, 0.5) is 0 Å². The molecule has 1 aromatic carbocycles. The summed E-state index contributed by atoms with van der Waals surface area (Å²) < 4.78 is 12.3. The molecule has 5 nitrogen and oxygen atoms in total. The van der Waals surface area contributed by atoms with E-state index in [-0.39, 0.29) is 11.9 Å². The molecule has 0 bridgehead atoms. The van der Waals surface area contributed by atoms with E-state index in [0.29, 0.717) is 19.3 Å². The number of piperidine rings is 1. The van der Waals surface area contributed by atoms with Gasteiger partial charge in [0.1, 0.15) is 13.2 Å². The van der Waals surface area contributed by atoms with Crippen LogP contribution in [-0.2, 0) is 4.79 Å². The van der Waals surface area contributed by atoms with Crippen molar-refractivity contribution in [1.82, 2.24) is 10.2 Å². The quantitative estimate of drug-likeness (QED) is 0.872. The molecule has 126 valence electrons. The number of nitrogens with zero attached hydrogens (tertiary/aromatic N) is 1. The van der Waals surface area contributed by atoms with Gasteiger partial charge < -0.3 is 19.7 Å². The largest absolute Gasteiger partial charge is 0.486 e. The Morgan fingerprint density at radius 1 is 1.26 bits per heavy atom. The van der Waals surface area contributed by atoms with Gasteiger partial charge in [-0.15, -0.1) is 0 Å². The van der Waals surface area contributed by atoms with Gasteiger partial charge in [-0.05, 0) is 37.5 Å². The summed E-state index contributed by atoms with van der Waals surface area (Å²) in [4.78, 5) is 13.3. The van der Waals surface area contributed by atoms with Crippen molar-refractivity contribution in [3.63, 3.8) is 0 Å². The maximum absolute atomic E-state index is 11.4. The SMILES string of the molecule is CC(=O)N1CCC(N[C@@H](C)c2cc3c(cc2Br)OCCO3)CC1. The number of hydrogen-bond acceptors (Lipinski definition) is 4. The summed E-state index contributed by atoms with van der Waals surface area (Å²) >= 11 is 3.64. The molecule has 1 saturated heterocycles. The maximum Gasteiger partial charge on any atom is 0.219 e. The van der Waals surface area contributed by atoms with Crippen molar-refractivity contribution in [3.8, 4) is 11.5 Å². The van der Waals surface area contributed by atoms with Crippen molar-refractivity contribution in [2.45, 2.75) is 38.8 Å². The Labute approximate surface area is 145 Å². The molecule has 0 aliphatic carbocycles. The minimum atomic E-state index is 0.172. The monoisotopic (exact) mass is 382 g/mol. The Hall–Kier alpha value is -1.27. The molecular formula is C17H23BrN2O3. The number of likely N-dealkylation sites (tertiary alicyclic amines) is 1. The predicted octanol–water partition coefficient (Wildman–Crippen LogP) is 2.88. The maximum atomic E-state index is 11.4. The van der Waals surface area contributed by atoms with E-state index in [4.69, 9.17) is 9.47 Å². The molecule has 23 heavy (non-hydrogen) atoms. The molecule has 2 aliphatic heterocycles. The Morgan fingerprint density at radius 2 is 1.87 bits per heavy atom. The van der Waals surface area contributed by atoms with Gasteiger partial charge in [0.05, 0.1) is 0 Å². The molecule has 1 aromatic rings. The molecule has 0 unspecified atom stereocenters. The topological polar surface area (TPSA) is 50.8 Å². The highest BCUT2D eigenvalue weighted by molar-refractivity contribution is 9.10. The first-order chi connectivity index (χ1) is 11.0. The minimum absolute atomic E-state index is 0.172. The van der Waals surface area contributed by atoms with Gasteiger partial charge in [0.2, 0.25) is 5.91 Å². The average molecular weight is 383 g/mol. The number of benzene rings is 1. The Balaban J connectivity index is 1.64. The molecule has 0 aromatic heterocycles. The second-order valence-corrected chi connectivity index (χ2v) is 7.04. The van der Waals surface area contributed by atoms with E-state index < -0.39 is 0 Å². The normalized spacial score (nSPS) is 19.5. The number of nitrogens with one attached hydrogen (secondary N) is 1. The lowest BCUT2D eigenvalue weighted by Crippen LogP contribution is -2.44. The summed E-state index contributed by atoms with van der Waals surface area (Å²) in [5.74, 6) is 1.79. The van der Waals surface area contributed by atoms with Crippen molar-refractivity contribution in [2.24, 2.45) is 0 Å². The van der Waals surface area contributed by atoms with Crippen molar-refractivity contribution in [2.75, 3.05) is 26.3 Å². The second kappa shape index (κ2) is 7.09. The highest BCUT2D eigenvalue weighted by Gasteiger charge is 2.24. The van der Waals surface area contributed by atoms with Crippen LogP contribution in [-0.4, -0.2) is 43.2 Å². The first-order valence-corrected chi connectivity index (χ1v) is 8.94. The zero-order chi connectivity index (χ0) is 16.4. The van der Waals surface area contributed by atoms with Crippen LogP contribution in [0.3, 0.4) is 0 Å². The number of ether oxygens (including phenoxy) is 2. The highest BCUT2D eigenvalue weighted by Crippen LogP contribution is 2.38. The standard InChI is InChI=1S/C17H23BrN2O3/c1-11(19-13-3-5-20(6-4-13)12(2)21)14-9-16-17(10-15(14)18)23-8-7-22-16/h9-11,13,19H,3-8H2,1-2H3/t11-/m0/s1. The second-order valence-electron chi connectivity index (χ2n) is 6.19. The first-order valence-electron chi connectivity index (χ1n) is 8.15. The summed E-state index contributed by atoms with van der Waals surface area (Å²) in [5, 5.41) is 3.68. The fourth-order valence-corrected chi connectivity index (χ4v) is 3.88. The third-order valence-electron chi connectivity index (χ3n) is 4.55. The Bertz CT molecular complexity index is 585. The summed E-state index contributed by atoms with van der Waals surface area (Å²) in [6.45, 7) is 6.67. The van der Waals surface area contributed by atoms with Gasteiger partial charge in [0.25, 0.3) is 0 Å². The molecule has 2 heterocycles. The van der Waals surface area contributed by atoms with Crippen LogP contribution in [0, 0.1) is 0 Å². The van der Waals surface area contributed by atoms with E-state index in [1.54, 1.807) is 6.92 Å². The van der Waals surface area contributed by atoms with E-state index in [1.165, 1.54) is 5.56 Å². The van der Waals surface area contributed by atoms with Crippen LogP contribution >= 0.6 is 15.9 Å². The molecule has 1 N–H and O–H groups in total. The number of carbonyl (C=O) groups excluding carboxylic acids is 1. The molecule has 0 spiro atoms. The summed E-state index contributed by atoms with van der Waals surface area (Å²) in [6, 6.07) is 4.68. The lowest BCUT2D eigenvalue weighted by molar-refractivity contribution is -0.129. The van der Waals surface area contributed by atoms with Gasteiger partial charge in [0, 0.05) is 36.6 Å². The molecule has 1 fully saturated rings. The number of hydrogen-bond donors (Lipinski definition) is 1. The van der Waals surface area contributed by atoms with Gasteiger partial charge in [-0.3, -0.25) is 4.79 Å². The van der Waals surface area contributed by atoms with Gasteiger partial charge in [0.15, 0.2) is 11.5 Å². The minimum Gasteiger partial charge on any atom is -0.486 e. The van der Waals surface area contributed by atoms with E-state index in [9.17, 15) is 4.79 Å². The zero-order valence-electron chi connectivity index (χ0n) is 13.6. The van der Waals surface area contributed by atoms with Crippen LogP contribution in [0.25, 0.3) is 0 Å². The summed E-state index contributed by atoms with van der Waals surface area (Å²) in [5.41, 5.74) is 1.17. The van der Waals surface area contributed by atoms with Crippen LogP contribution in [0.2, 0.25) is 0 Å². The van der Waals surface area contributed by atoms with E-state index in [0.717, 1.165) is 41.9 Å². The van der Waals surface area contributed by atoms with E-state index in [2.05, 4.69) is 34.2 Å². The number of halogens is 1. The zero-order valence-corrected chi connectivity index (χ0v) is 15.2. The molecule has 1 atom stereocenters. The van der Waals surface area contributed by atoms with Crippen molar-refractivity contribution in [1.29, 1.82) is 0 Å². The number of rotatable bonds is 3. The number of carbonyl (C=O) groups is 1. The van der Waals surface area contributed by atoms with Gasteiger partial charge in [-0.1, -0.05) is 15.9 Å². The lowest BCUT2D eigenvalue weighted by Gasteiger charge is -2.33. The van der Waals surface area contributed by atoms with Crippen LogP contribution < -0.4 is 14.8 Å². The fraction of sp³-hybridized carbons (Fsp3) is 0.588. The highest BCUT2D eigenvalue weighted by atomic mass is 79.9. The number of amides is 1. The first kappa shape index (κ1) is 16.6. The summed E-state index contributed by atoms with van der Waals surface area (Å²) in [7, 11) is 0. The molecule has 3 rings (SSSR count). The van der Waals surface area contributed by atoms with Crippen molar-refractivity contribution < 1.29 is 14.3 Å². The Morgan fingerprint density at radius 3 is 2.48 bits per heavy atom. The Kier molecular flexibility index (Phi) is 5.11. The average Bonchev–Trinajstić information content (AvgIpc) is 2.54. The molecule has 2 aliphatic rings. The van der Waals surface area contributed by atoms with E-state index >= 15 is 0 Å². The van der Waals surface area contributed by atoms with E-state index in [1.807, 2.05) is 11.0 Å². The summed E-state index contributed by atoms with van der Waals surface area (Å²) in [6.07, 6.45) is 1.98. The third-order valence-corrected chi connectivity index (χ3v) is 5.24. The molecule has 0 radical (unpaired) electrons. The molecule has 0 saturated carbocycles. The molecule has 1 amide bonds. The van der Waals surface area contributed by atoms with Crippen LogP contribution in [0.15, 0.2) is 16.6 Å². The van der Waals surface area contributed by atoms with Gasteiger partial charge >= 0.3 is 0 Å². The van der Waals surface area contributed by atoms with Crippen LogP contribution in [0.1, 0.15) is 38.3 Å². The van der Waals surface area contributed by atoms with Crippen LogP contribution in [0.5, 0.6) is 11.5 Å². The fourth-order valence-electron chi connectivity index (χ4n) is 3.22. The van der Waals surface area contributed by atoms with Crippen molar-refractivity contribution in [3.05, 3.63) is 22.2 Å². The molecular weight excluding hydrogens is 360 g/mol. The smallest absolute Gasteiger partial charge is 0.219 e. The van der Waals surface area contributed by atoms with Gasteiger partial charge in [-0.25, -0.2) is 0 Å². The van der Waals surface area contributed by atoms with Crippen molar-refractivity contribution >= 4 is 21.8 Å². The molecule has 6 heteroatoms. The van der Waals surface area contributed by atoms with Gasteiger partial charge in [-0.2, -0.15) is 0 Å². The number of fused-ring (bicyclic) bond motifs is 1. The third kappa shape index (κ3) is 3.80.